The summed E-state index contributed by atoms with van der Waals surface area (Å²) in [5.74, 6) is -0.805. The summed E-state index contributed by atoms with van der Waals surface area (Å²) < 4.78 is 92.7. The predicted octanol–water partition coefficient (Wildman–Crippen LogP) is 5.78. The normalized spacial score (nSPS) is 12.6. The van der Waals surface area contributed by atoms with E-state index < -0.39 is 34.4 Å². The molecule has 0 aromatic heterocycles. The number of rotatable bonds is 4. The molecule has 0 aliphatic heterocycles. The average molecular weight is 452 g/mol. The van der Waals surface area contributed by atoms with Gasteiger partial charge < -0.3 is 4.90 Å². The third kappa shape index (κ3) is 4.19. The average Bonchev–Trinajstić information content (AvgIpc) is 2.64. The summed E-state index contributed by atoms with van der Waals surface area (Å²) in [4.78, 5) is 23.7. The van der Waals surface area contributed by atoms with Gasteiger partial charge in [0, 0.05) is 36.0 Å². The minimum absolute atomic E-state index is 0.0630. The number of halogens is 7. The van der Waals surface area contributed by atoms with Gasteiger partial charge in [0.2, 0.25) is 0 Å². The molecule has 2 rings (SSSR count). The zero-order chi connectivity index (χ0) is 23.9. The third-order valence-electron chi connectivity index (χ3n) is 4.61. The molecule has 2 aromatic carbocycles. The number of benzene rings is 2. The monoisotopic (exact) mass is 452 g/mol. The van der Waals surface area contributed by atoms with Crippen LogP contribution in [-0.4, -0.2) is 30.2 Å². The molecule has 0 bridgehead atoms. The van der Waals surface area contributed by atoms with Crippen LogP contribution in [0.4, 0.5) is 42.1 Å². The Morgan fingerprint density at radius 3 is 1.84 bits per heavy atom. The Bertz CT molecular complexity index is 995. The van der Waals surface area contributed by atoms with Crippen molar-refractivity contribution in [1.29, 1.82) is 0 Å². The van der Waals surface area contributed by atoms with Crippen LogP contribution in [0.15, 0.2) is 36.4 Å². The Balaban J connectivity index is 2.57. The highest BCUT2D eigenvalue weighted by Gasteiger charge is 2.73. The van der Waals surface area contributed by atoms with Gasteiger partial charge in [-0.3, -0.25) is 14.9 Å². The van der Waals surface area contributed by atoms with Crippen molar-refractivity contribution in [3.63, 3.8) is 0 Å². The molecule has 1 amide bonds. The van der Waals surface area contributed by atoms with Crippen LogP contribution in [0, 0.1) is 24.0 Å². The van der Waals surface area contributed by atoms with E-state index in [1.54, 1.807) is 0 Å². The lowest BCUT2D eigenvalue weighted by atomic mass is 9.90. The van der Waals surface area contributed by atoms with Crippen molar-refractivity contribution in [2.45, 2.75) is 31.9 Å². The Kier molecular flexibility index (Phi) is 6.08. The van der Waals surface area contributed by atoms with Gasteiger partial charge in [0.05, 0.1) is 4.92 Å². The highest BCUT2D eigenvalue weighted by molar-refractivity contribution is 6.06. The molecular weight excluding hydrogens is 437 g/mol. The van der Waals surface area contributed by atoms with Gasteiger partial charge in [-0.1, -0.05) is 18.2 Å². The van der Waals surface area contributed by atoms with Gasteiger partial charge in [-0.15, -0.1) is 0 Å². The van der Waals surface area contributed by atoms with E-state index in [4.69, 9.17) is 0 Å². The van der Waals surface area contributed by atoms with Crippen LogP contribution in [0.2, 0.25) is 0 Å². The molecule has 168 valence electrons. The van der Waals surface area contributed by atoms with Gasteiger partial charge in [0.15, 0.2) is 0 Å². The quantitative estimate of drug-likeness (QED) is 0.336. The smallest absolute Gasteiger partial charge is 0.311 e. The number of hydrogen-bond donors (Lipinski definition) is 0. The lowest BCUT2D eigenvalue weighted by Crippen LogP contribution is -2.50. The van der Waals surface area contributed by atoms with Gasteiger partial charge in [-0.05, 0) is 31.0 Å². The molecule has 31 heavy (non-hydrogen) atoms. The van der Waals surface area contributed by atoms with Crippen LogP contribution in [0.3, 0.4) is 0 Å². The molecule has 0 spiro atoms. The zero-order valence-corrected chi connectivity index (χ0v) is 16.2. The molecule has 0 N–H and O–H groups in total. The number of alkyl halides is 7. The zero-order valence-electron chi connectivity index (χ0n) is 16.2. The highest BCUT2D eigenvalue weighted by Crippen LogP contribution is 2.54. The Labute approximate surface area is 171 Å². The molecular formula is C19H15F7N2O3. The summed E-state index contributed by atoms with van der Waals surface area (Å²) in [6, 6.07) is 5.35. The molecule has 0 aliphatic rings. The van der Waals surface area contributed by atoms with Crippen LogP contribution in [0.25, 0.3) is 0 Å². The van der Waals surface area contributed by atoms with Crippen LogP contribution >= 0.6 is 0 Å². The topological polar surface area (TPSA) is 63.5 Å². The second-order valence-corrected chi connectivity index (χ2v) is 6.78. The van der Waals surface area contributed by atoms with E-state index in [2.05, 4.69) is 0 Å². The number of anilines is 1. The van der Waals surface area contributed by atoms with Crippen molar-refractivity contribution in [2.24, 2.45) is 0 Å². The van der Waals surface area contributed by atoms with E-state index in [0.29, 0.717) is 12.1 Å². The molecule has 0 heterocycles. The van der Waals surface area contributed by atoms with Gasteiger partial charge in [-0.25, -0.2) is 4.39 Å². The van der Waals surface area contributed by atoms with E-state index in [1.165, 1.54) is 19.2 Å². The van der Waals surface area contributed by atoms with Gasteiger partial charge >= 0.3 is 18.0 Å². The number of carbonyl (C=O) groups excluding carboxylic acids is 1. The lowest BCUT2D eigenvalue weighted by Gasteiger charge is -2.32. The third-order valence-corrected chi connectivity index (χ3v) is 4.61. The standard InChI is InChI=1S/C19H15F7N2O3/c1-10-7-13(17(20,18(21,22)23)19(24,25)26)8-11(2)15(10)27(3)16(29)12-5-4-6-14(9-12)28(30)31/h4-9H,1-3H3. The predicted molar refractivity (Wildman–Crippen MR) is 96.6 cm³/mol. The Morgan fingerprint density at radius 2 is 1.42 bits per heavy atom. The molecule has 0 fully saturated rings. The molecule has 0 saturated carbocycles. The number of hydrogen-bond acceptors (Lipinski definition) is 3. The number of carbonyl (C=O) groups is 1. The number of nitrogens with zero attached hydrogens (tertiary/aromatic N) is 2. The number of nitro groups is 1. The fraction of sp³-hybridized carbons (Fsp3) is 0.316. The molecule has 0 aliphatic carbocycles. The van der Waals surface area contributed by atoms with Crippen molar-refractivity contribution in [2.75, 3.05) is 11.9 Å². The summed E-state index contributed by atoms with van der Waals surface area (Å²) in [6.07, 6.45) is -12.5. The molecule has 0 radical (unpaired) electrons. The minimum Gasteiger partial charge on any atom is -0.311 e. The molecule has 0 saturated heterocycles. The van der Waals surface area contributed by atoms with Crippen LogP contribution < -0.4 is 4.90 Å². The van der Waals surface area contributed by atoms with Gasteiger partial charge in [-0.2, -0.15) is 26.3 Å². The molecule has 12 heteroatoms. The van der Waals surface area contributed by atoms with Crippen LogP contribution in [0.5, 0.6) is 0 Å². The maximum atomic E-state index is 14.4. The lowest BCUT2D eigenvalue weighted by molar-refractivity contribution is -0.384. The fourth-order valence-corrected chi connectivity index (χ4v) is 3.22. The summed E-state index contributed by atoms with van der Waals surface area (Å²) >= 11 is 0. The van der Waals surface area contributed by atoms with Crippen molar-refractivity contribution in [3.8, 4) is 0 Å². The van der Waals surface area contributed by atoms with E-state index in [-0.39, 0.29) is 28.1 Å². The minimum atomic E-state index is -6.27. The first-order valence-electron chi connectivity index (χ1n) is 8.49. The number of amides is 1. The van der Waals surface area contributed by atoms with Gasteiger partial charge in [0.1, 0.15) is 0 Å². The number of nitro benzene ring substituents is 1. The van der Waals surface area contributed by atoms with Gasteiger partial charge in [0.25, 0.3) is 11.6 Å². The molecule has 0 atom stereocenters. The molecule has 5 nitrogen and oxygen atoms in total. The second-order valence-electron chi connectivity index (χ2n) is 6.78. The second kappa shape index (κ2) is 7.82. The Hall–Kier alpha value is -3.18. The first-order valence-corrected chi connectivity index (χ1v) is 8.49. The van der Waals surface area contributed by atoms with Crippen molar-refractivity contribution >= 4 is 17.3 Å². The maximum absolute atomic E-state index is 14.4. The molecule has 0 unspecified atom stereocenters. The fourth-order valence-electron chi connectivity index (χ4n) is 3.22. The Morgan fingerprint density at radius 1 is 0.935 bits per heavy atom. The van der Waals surface area contributed by atoms with E-state index >= 15 is 0 Å². The van der Waals surface area contributed by atoms with E-state index in [1.807, 2.05) is 0 Å². The summed E-state index contributed by atoms with van der Waals surface area (Å²) in [5.41, 5.74) is -8.31. The maximum Gasteiger partial charge on any atom is 0.435 e. The SMILES string of the molecule is Cc1cc(C(F)(C(F)(F)F)C(F)(F)F)cc(C)c1N(C)C(=O)c1cccc([N+](=O)[O-])c1. The molecule has 2 aromatic rings. The van der Waals surface area contributed by atoms with Crippen molar-refractivity contribution in [3.05, 3.63) is 68.8 Å². The van der Waals surface area contributed by atoms with Crippen molar-refractivity contribution in [1.82, 2.24) is 0 Å². The van der Waals surface area contributed by atoms with Crippen molar-refractivity contribution < 1.29 is 40.5 Å². The summed E-state index contributed by atoms with van der Waals surface area (Å²) in [6.45, 7) is 2.24. The van der Waals surface area contributed by atoms with E-state index in [0.717, 1.165) is 30.9 Å². The summed E-state index contributed by atoms with van der Waals surface area (Å²) in [5, 5.41) is 10.9. The van der Waals surface area contributed by atoms with Crippen LogP contribution in [0.1, 0.15) is 27.0 Å². The highest BCUT2D eigenvalue weighted by atomic mass is 19.4. The summed E-state index contributed by atoms with van der Waals surface area (Å²) in [7, 11) is 1.19. The number of aryl methyl sites for hydroxylation is 2. The van der Waals surface area contributed by atoms with E-state index in [9.17, 15) is 45.6 Å². The van der Waals surface area contributed by atoms with Crippen LogP contribution in [-0.2, 0) is 5.67 Å². The number of non-ortho nitro benzene ring substituents is 1. The largest absolute Gasteiger partial charge is 0.435 e. The first kappa shape index (κ1) is 24.1. The first-order chi connectivity index (χ1) is 14.0.